The number of amides is 1. The molecule has 0 aliphatic heterocycles. The number of unbranched alkanes of at least 4 members (excludes halogenated alkanes) is 31. The van der Waals surface area contributed by atoms with E-state index in [2.05, 4.69) is 43.5 Å². The molecule has 0 fully saturated rings. The largest absolute Gasteiger partial charge is 0.394 e. The normalized spacial score (nSPS) is 13.2. The highest BCUT2D eigenvalue weighted by Gasteiger charge is 2.17. The lowest BCUT2D eigenvalue weighted by molar-refractivity contribution is -0.123. The van der Waals surface area contributed by atoms with Crippen LogP contribution in [0.25, 0.3) is 0 Å². The maximum atomic E-state index is 12.3. The van der Waals surface area contributed by atoms with Gasteiger partial charge in [0.05, 0.1) is 18.8 Å². The van der Waals surface area contributed by atoms with Gasteiger partial charge in [0.1, 0.15) is 0 Å². The molecular weight excluding hydrogens is 639 g/mol. The van der Waals surface area contributed by atoms with Crippen LogP contribution in [0.4, 0.5) is 0 Å². The van der Waals surface area contributed by atoms with Crippen LogP contribution in [-0.4, -0.2) is 34.9 Å². The SMILES string of the molecule is CCCCC/C=C/CC/C=C/C(O)C(CO)NC(=O)CCCCCCCCCCCCCCCCC/C=C\CCCCCCCCCCCCCC. The Kier molecular flexibility index (Phi) is 42.8. The fourth-order valence-electron chi connectivity index (χ4n) is 7.01. The average Bonchev–Trinajstić information content (AvgIpc) is 3.15. The third-order valence-corrected chi connectivity index (χ3v) is 10.6. The van der Waals surface area contributed by atoms with Crippen LogP contribution in [0.3, 0.4) is 0 Å². The molecule has 52 heavy (non-hydrogen) atoms. The Balaban J connectivity index is 3.42. The summed E-state index contributed by atoms with van der Waals surface area (Å²) >= 11 is 0. The number of carbonyl (C=O) groups is 1. The second-order valence-electron chi connectivity index (χ2n) is 15.8. The number of aliphatic hydroxyl groups is 2. The summed E-state index contributed by atoms with van der Waals surface area (Å²) in [5.74, 6) is -0.0749. The lowest BCUT2D eigenvalue weighted by Gasteiger charge is -2.19. The lowest BCUT2D eigenvalue weighted by Crippen LogP contribution is -2.45. The van der Waals surface area contributed by atoms with Crippen LogP contribution < -0.4 is 5.32 Å². The Morgan fingerprint density at radius 1 is 0.442 bits per heavy atom. The Morgan fingerprint density at radius 3 is 1.15 bits per heavy atom. The van der Waals surface area contributed by atoms with Gasteiger partial charge < -0.3 is 15.5 Å². The molecule has 0 bridgehead atoms. The van der Waals surface area contributed by atoms with Gasteiger partial charge in [-0.1, -0.05) is 217 Å². The Hall–Kier alpha value is -1.39. The molecule has 0 saturated heterocycles. The van der Waals surface area contributed by atoms with Gasteiger partial charge in [-0.15, -0.1) is 0 Å². The highest BCUT2D eigenvalue weighted by molar-refractivity contribution is 5.76. The number of hydrogen-bond donors (Lipinski definition) is 3. The summed E-state index contributed by atoms with van der Waals surface area (Å²) in [4.78, 5) is 12.3. The number of hydrogen-bond acceptors (Lipinski definition) is 3. The van der Waals surface area contributed by atoms with Crippen molar-refractivity contribution in [2.45, 2.75) is 257 Å². The molecule has 3 N–H and O–H groups in total. The van der Waals surface area contributed by atoms with Gasteiger partial charge in [0.15, 0.2) is 0 Å². The number of carbonyl (C=O) groups excluding carboxylic acids is 1. The van der Waals surface area contributed by atoms with E-state index < -0.39 is 12.1 Å². The molecule has 0 spiro atoms. The zero-order chi connectivity index (χ0) is 37.8. The molecule has 0 aromatic carbocycles. The van der Waals surface area contributed by atoms with Crippen LogP contribution >= 0.6 is 0 Å². The molecule has 0 aliphatic rings. The molecule has 0 radical (unpaired) electrons. The summed E-state index contributed by atoms with van der Waals surface area (Å²) in [5, 5.41) is 22.8. The molecule has 306 valence electrons. The molecule has 2 atom stereocenters. The van der Waals surface area contributed by atoms with Gasteiger partial charge in [-0.3, -0.25) is 4.79 Å². The third kappa shape index (κ3) is 39.8. The topological polar surface area (TPSA) is 69.6 Å². The highest BCUT2D eigenvalue weighted by Crippen LogP contribution is 2.16. The predicted molar refractivity (Wildman–Crippen MR) is 230 cm³/mol. The maximum Gasteiger partial charge on any atom is 0.220 e. The van der Waals surface area contributed by atoms with Crippen molar-refractivity contribution in [3.8, 4) is 0 Å². The van der Waals surface area contributed by atoms with Gasteiger partial charge in [0.2, 0.25) is 5.91 Å². The smallest absolute Gasteiger partial charge is 0.220 e. The van der Waals surface area contributed by atoms with Crippen molar-refractivity contribution in [3.63, 3.8) is 0 Å². The van der Waals surface area contributed by atoms with Gasteiger partial charge in [-0.2, -0.15) is 0 Å². The summed E-state index contributed by atoms with van der Waals surface area (Å²) in [6.45, 7) is 4.25. The third-order valence-electron chi connectivity index (χ3n) is 10.6. The van der Waals surface area contributed by atoms with E-state index in [1.165, 1.54) is 193 Å². The minimum atomic E-state index is -0.858. The van der Waals surface area contributed by atoms with E-state index >= 15 is 0 Å². The molecule has 4 heteroatoms. The van der Waals surface area contributed by atoms with E-state index in [0.29, 0.717) is 6.42 Å². The predicted octanol–water partition coefficient (Wildman–Crippen LogP) is 14.6. The van der Waals surface area contributed by atoms with E-state index in [0.717, 1.165) is 32.1 Å². The zero-order valence-corrected chi connectivity index (χ0v) is 35.1. The summed E-state index contributed by atoms with van der Waals surface area (Å²) in [6.07, 6.45) is 58.6. The molecule has 1 amide bonds. The standard InChI is InChI=1S/C48H91NO3/c1-3-5-7-9-11-13-14-15-16-17-18-19-20-21-22-23-24-25-26-27-28-29-30-31-32-33-34-36-38-40-42-44-48(52)49-46(45-50)47(51)43-41-39-37-35-12-10-8-6-4-2/h12,21-22,35,41,43,46-47,50-51H,3-11,13-20,23-34,36-40,42,44-45H2,1-2H3,(H,49,52)/b22-21-,35-12+,43-41+. The minimum absolute atomic E-state index is 0.0749. The first kappa shape index (κ1) is 50.6. The van der Waals surface area contributed by atoms with Crippen LogP contribution in [0.5, 0.6) is 0 Å². The molecule has 0 aromatic heterocycles. The van der Waals surface area contributed by atoms with Gasteiger partial charge in [0, 0.05) is 6.42 Å². The van der Waals surface area contributed by atoms with Crippen LogP contribution in [-0.2, 0) is 4.79 Å². The maximum absolute atomic E-state index is 12.3. The first-order valence-corrected chi connectivity index (χ1v) is 23.2. The average molecular weight is 730 g/mol. The number of nitrogens with one attached hydrogen (secondary N) is 1. The van der Waals surface area contributed by atoms with Crippen molar-refractivity contribution in [2.75, 3.05) is 6.61 Å². The number of aliphatic hydroxyl groups excluding tert-OH is 2. The first-order valence-electron chi connectivity index (χ1n) is 23.2. The summed E-state index contributed by atoms with van der Waals surface area (Å²) in [5.41, 5.74) is 0. The van der Waals surface area contributed by atoms with Crippen molar-refractivity contribution in [1.82, 2.24) is 5.32 Å². The minimum Gasteiger partial charge on any atom is -0.394 e. The summed E-state index contributed by atoms with van der Waals surface area (Å²) < 4.78 is 0. The summed E-state index contributed by atoms with van der Waals surface area (Å²) in [7, 11) is 0. The first-order chi connectivity index (χ1) is 25.7. The van der Waals surface area contributed by atoms with Gasteiger partial charge in [-0.25, -0.2) is 0 Å². The second kappa shape index (κ2) is 44.0. The van der Waals surface area contributed by atoms with Crippen LogP contribution in [0.2, 0.25) is 0 Å². The van der Waals surface area contributed by atoms with Gasteiger partial charge in [-0.05, 0) is 57.8 Å². The Morgan fingerprint density at radius 2 is 0.750 bits per heavy atom. The molecule has 0 aromatic rings. The van der Waals surface area contributed by atoms with E-state index in [1.807, 2.05) is 6.08 Å². The van der Waals surface area contributed by atoms with Crippen LogP contribution in [0.1, 0.15) is 245 Å². The molecule has 4 nitrogen and oxygen atoms in total. The quantitative estimate of drug-likeness (QED) is 0.0433. The molecule has 0 aliphatic carbocycles. The van der Waals surface area contributed by atoms with E-state index in [4.69, 9.17) is 0 Å². The second-order valence-corrected chi connectivity index (χ2v) is 15.8. The van der Waals surface area contributed by atoms with Crippen molar-refractivity contribution >= 4 is 5.91 Å². The Labute approximate surface area is 325 Å². The van der Waals surface area contributed by atoms with Crippen molar-refractivity contribution in [3.05, 3.63) is 36.5 Å². The van der Waals surface area contributed by atoms with Crippen molar-refractivity contribution < 1.29 is 15.0 Å². The monoisotopic (exact) mass is 730 g/mol. The fourth-order valence-corrected chi connectivity index (χ4v) is 7.01. The van der Waals surface area contributed by atoms with Crippen LogP contribution in [0.15, 0.2) is 36.5 Å². The van der Waals surface area contributed by atoms with Crippen LogP contribution in [0, 0.1) is 0 Å². The van der Waals surface area contributed by atoms with E-state index in [9.17, 15) is 15.0 Å². The highest BCUT2D eigenvalue weighted by atomic mass is 16.3. The van der Waals surface area contributed by atoms with E-state index in [-0.39, 0.29) is 12.5 Å². The number of rotatable bonds is 42. The summed E-state index contributed by atoms with van der Waals surface area (Å²) in [6, 6.07) is -0.635. The fraction of sp³-hybridized carbons (Fsp3) is 0.854. The molecule has 0 rings (SSSR count). The lowest BCUT2D eigenvalue weighted by atomic mass is 10.0. The van der Waals surface area contributed by atoms with E-state index in [1.54, 1.807) is 6.08 Å². The molecule has 0 saturated carbocycles. The Bertz CT molecular complexity index is 790. The van der Waals surface area contributed by atoms with Crippen molar-refractivity contribution in [2.24, 2.45) is 0 Å². The van der Waals surface area contributed by atoms with Gasteiger partial charge in [0.25, 0.3) is 0 Å². The number of allylic oxidation sites excluding steroid dienone is 5. The van der Waals surface area contributed by atoms with Crippen molar-refractivity contribution in [1.29, 1.82) is 0 Å². The molecule has 0 heterocycles. The zero-order valence-electron chi connectivity index (χ0n) is 35.1. The molecular formula is C48H91NO3. The molecule has 2 unspecified atom stereocenters. The van der Waals surface area contributed by atoms with Gasteiger partial charge >= 0.3 is 0 Å².